The van der Waals surface area contributed by atoms with Crippen LogP contribution in [0.4, 0.5) is 5.69 Å². The van der Waals surface area contributed by atoms with Crippen LogP contribution in [0.15, 0.2) is 42.5 Å². The molecule has 6 nitrogen and oxygen atoms in total. The molecular weight excluding hydrogens is 392 g/mol. The average molecular weight is 415 g/mol. The van der Waals surface area contributed by atoms with Gasteiger partial charge in [-0.2, -0.15) is 0 Å². The summed E-state index contributed by atoms with van der Waals surface area (Å²) in [4.78, 5) is 35.7. The minimum Gasteiger partial charge on any atom is -0.456 e. The van der Waals surface area contributed by atoms with Gasteiger partial charge in [0.1, 0.15) is 0 Å². The largest absolute Gasteiger partial charge is 0.456 e. The molecule has 0 saturated carbocycles. The van der Waals surface area contributed by atoms with Crippen LogP contribution in [0.1, 0.15) is 40.7 Å². The van der Waals surface area contributed by atoms with Gasteiger partial charge >= 0.3 is 5.97 Å². The number of anilines is 1. The molecule has 0 atom stereocenters. The first kappa shape index (κ1) is 20.9. The van der Waals surface area contributed by atoms with Crippen molar-refractivity contribution >= 4 is 35.1 Å². The SMILES string of the molecule is O=C(COC(=O)CCCNC(=O)c1ccc(Cl)cc1)Nc1ccc2c(c1)CCC2. The Kier molecular flexibility index (Phi) is 7.25. The number of hydrogen-bond donors (Lipinski definition) is 2. The fourth-order valence-corrected chi connectivity index (χ4v) is 3.33. The summed E-state index contributed by atoms with van der Waals surface area (Å²) >= 11 is 5.79. The van der Waals surface area contributed by atoms with Gasteiger partial charge in [-0.15, -0.1) is 0 Å². The Bertz CT molecular complexity index is 896. The van der Waals surface area contributed by atoms with Gasteiger partial charge in [0.2, 0.25) is 0 Å². The van der Waals surface area contributed by atoms with E-state index < -0.39 is 5.97 Å². The van der Waals surface area contributed by atoms with Crippen LogP contribution < -0.4 is 10.6 Å². The first-order valence-electron chi connectivity index (χ1n) is 9.62. The van der Waals surface area contributed by atoms with Crippen molar-refractivity contribution in [2.45, 2.75) is 32.1 Å². The van der Waals surface area contributed by atoms with Crippen LogP contribution in [0.2, 0.25) is 5.02 Å². The molecule has 0 aliphatic heterocycles. The molecule has 0 fully saturated rings. The summed E-state index contributed by atoms with van der Waals surface area (Å²) < 4.78 is 5.00. The Morgan fingerprint density at radius 1 is 1.00 bits per heavy atom. The summed E-state index contributed by atoms with van der Waals surface area (Å²) in [6, 6.07) is 12.4. The van der Waals surface area contributed by atoms with Gasteiger partial charge in [-0.05, 0) is 73.2 Å². The van der Waals surface area contributed by atoms with E-state index in [9.17, 15) is 14.4 Å². The van der Waals surface area contributed by atoms with Crippen LogP contribution in [-0.4, -0.2) is 30.9 Å². The standard InChI is InChI=1S/C22H23ClN2O4/c23-18-9-6-16(7-10-18)22(28)24-12-2-5-21(27)29-14-20(26)25-19-11-8-15-3-1-4-17(15)13-19/h6-11,13H,1-5,12,14H2,(H,24,28)(H,25,26). The van der Waals surface area contributed by atoms with Crippen molar-refractivity contribution in [3.63, 3.8) is 0 Å². The lowest BCUT2D eigenvalue weighted by molar-refractivity contribution is -0.147. The van der Waals surface area contributed by atoms with Gasteiger partial charge in [-0.25, -0.2) is 0 Å². The number of nitrogens with one attached hydrogen (secondary N) is 2. The number of halogens is 1. The molecule has 0 bridgehead atoms. The van der Waals surface area contributed by atoms with Crippen molar-refractivity contribution in [1.82, 2.24) is 5.32 Å². The lowest BCUT2D eigenvalue weighted by Gasteiger charge is -2.09. The van der Waals surface area contributed by atoms with E-state index in [-0.39, 0.29) is 24.8 Å². The maximum absolute atomic E-state index is 12.0. The van der Waals surface area contributed by atoms with E-state index >= 15 is 0 Å². The van der Waals surface area contributed by atoms with Crippen molar-refractivity contribution in [3.8, 4) is 0 Å². The Balaban J connectivity index is 1.31. The zero-order valence-corrected chi connectivity index (χ0v) is 16.8. The van der Waals surface area contributed by atoms with E-state index in [0.29, 0.717) is 23.6 Å². The van der Waals surface area contributed by atoms with E-state index in [1.54, 1.807) is 24.3 Å². The topological polar surface area (TPSA) is 84.5 Å². The summed E-state index contributed by atoms with van der Waals surface area (Å²) in [5, 5.41) is 6.03. The van der Waals surface area contributed by atoms with E-state index in [4.69, 9.17) is 16.3 Å². The van der Waals surface area contributed by atoms with E-state index in [1.807, 2.05) is 18.2 Å². The summed E-state index contributed by atoms with van der Waals surface area (Å²) in [6.45, 7) is 0.00489. The van der Waals surface area contributed by atoms with Crippen molar-refractivity contribution in [1.29, 1.82) is 0 Å². The quantitative estimate of drug-likeness (QED) is 0.511. The molecule has 2 aromatic carbocycles. The number of amides is 2. The van der Waals surface area contributed by atoms with Gasteiger partial charge in [0.15, 0.2) is 6.61 Å². The second-order valence-corrected chi connectivity index (χ2v) is 7.35. The lowest BCUT2D eigenvalue weighted by atomic mass is 10.1. The molecule has 1 aliphatic rings. The number of esters is 1. The third kappa shape index (κ3) is 6.32. The monoisotopic (exact) mass is 414 g/mol. The predicted molar refractivity (Wildman–Crippen MR) is 111 cm³/mol. The third-order valence-electron chi connectivity index (χ3n) is 4.70. The van der Waals surface area contributed by atoms with Gasteiger partial charge in [-0.3, -0.25) is 14.4 Å². The summed E-state index contributed by atoms with van der Waals surface area (Å²) in [7, 11) is 0. The molecule has 7 heteroatoms. The molecule has 3 rings (SSSR count). The maximum atomic E-state index is 12.0. The minimum atomic E-state index is -0.477. The zero-order chi connectivity index (χ0) is 20.6. The molecular formula is C22H23ClN2O4. The number of ether oxygens (including phenoxy) is 1. The molecule has 0 aromatic heterocycles. The highest BCUT2D eigenvalue weighted by Gasteiger charge is 2.13. The molecule has 0 saturated heterocycles. The molecule has 152 valence electrons. The number of fused-ring (bicyclic) bond motifs is 1. The smallest absolute Gasteiger partial charge is 0.306 e. The molecule has 2 amide bonds. The fraction of sp³-hybridized carbons (Fsp3) is 0.318. The second-order valence-electron chi connectivity index (χ2n) is 6.91. The van der Waals surface area contributed by atoms with Crippen molar-refractivity contribution in [2.75, 3.05) is 18.5 Å². The van der Waals surface area contributed by atoms with Gasteiger partial charge < -0.3 is 15.4 Å². The highest BCUT2D eigenvalue weighted by atomic mass is 35.5. The number of benzene rings is 2. The summed E-state index contributed by atoms with van der Waals surface area (Å²) in [5.74, 6) is -1.08. The van der Waals surface area contributed by atoms with Crippen LogP contribution in [0.3, 0.4) is 0 Å². The summed E-state index contributed by atoms with van der Waals surface area (Å²) in [6.07, 6.45) is 3.80. The van der Waals surface area contributed by atoms with Crippen LogP contribution in [0, 0.1) is 0 Å². The molecule has 0 spiro atoms. The highest BCUT2D eigenvalue weighted by Crippen LogP contribution is 2.24. The Morgan fingerprint density at radius 2 is 1.76 bits per heavy atom. The van der Waals surface area contributed by atoms with E-state index in [0.717, 1.165) is 24.9 Å². The van der Waals surface area contributed by atoms with Crippen LogP contribution in [0.5, 0.6) is 0 Å². The number of rotatable bonds is 8. The van der Waals surface area contributed by atoms with Gasteiger partial charge in [0.25, 0.3) is 11.8 Å². The fourth-order valence-electron chi connectivity index (χ4n) is 3.20. The highest BCUT2D eigenvalue weighted by molar-refractivity contribution is 6.30. The predicted octanol–water partition coefficient (Wildman–Crippen LogP) is 3.52. The minimum absolute atomic E-state index is 0.118. The second kappa shape index (κ2) is 10.1. The molecule has 1 aliphatic carbocycles. The Morgan fingerprint density at radius 3 is 2.55 bits per heavy atom. The van der Waals surface area contributed by atoms with Crippen molar-refractivity contribution in [2.24, 2.45) is 0 Å². The summed E-state index contributed by atoms with van der Waals surface area (Å²) in [5.41, 5.74) is 3.81. The molecule has 29 heavy (non-hydrogen) atoms. The number of carbonyl (C=O) groups is 3. The molecule has 2 aromatic rings. The van der Waals surface area contributed by atoms with Gasteiger partial charge in [-0.1, -0.05) is 17.7 Å². The first-order valence-corrected chi connectivity index (χ1v) is 10.00. The Hall–Kier alpha value is -2.86. The van der Waals surface area contributed by atoms with Crippen LogP contribution in [0.25, 0.3) is 0 Å². The molecule has 0 heterocycles. The number of carbonyl (C=O) groups excluding carboxylic acids is 3. The normalized spacial score (nSPS) is 12.2. The van der Waals surface area contributed by atoms with Gasteiger partial charge in [0, 0.05) is 29.2 Å². The first-order chi connectivity index (χ1) is 14.0. The zero-order valence-electron chi connectivity index (χ0n) is 16.0. The lowest BCUT2D eigenvalue weighted by Crippen LogP contribution is -2.25. The van der Waals surface area contributed by atoms with Crippen LogP contribution >= 0.6 is 11.6 Å². The van der Waals surface area contributed by atoms with Crippen LogP contribution in [-0.2, 0) is 27.2 Å². The molecule has 2 N–H and O–H groups in total. The number of aryl methyl sites for hydroxylation is 2. The molecule has 0 radical (unpaired) electrons. The van der Waals surface area contributed by atoms with E-state index in [2.05, 4.69) is 10.6 Å². The van der Waals surface area contributed by atoms with E-state index in [1.165, 1.54) is 11.1 Å². The maximum Gasteiger partial charge on any atom is 0.306 e. The van der Waals surface area contributed by atoms with Gasteiger partial charge in [0.05, 0.1) is 0 Å². The van der Waals surface area contributed by atoms with Crippen molar-refractivity contribution in [3.05, 3.63) is 64.2 Å². The third-order valence-corrected chi connectivity index (χ3v) is 4.95. The van der Waals surface area contributed by atoms with Crippen molar-refractivity contribution < 1.29 is 19.1 Å². The molecule has 0 unspecified atom stereocenters. The average Bonchev–Trinajstić information content (AvgIpc) is 3.18. The Labute approximate surface area is 174 Å². The number of hydrogen-bond acceptors (Lipinski definition) is 4.